The minimum absolute atomic E-state index is 1.42. The van der Waals surface area contributed by atoms with Crippen LogP contribution in [0, 0.1) is 0 Å². The molecule has 0 spiro atoms. The summed E-state index contributed by atoms with van der Waals surface area (Å²) in [6.07, 6.45) is 0. The highest BCUT2D eigenvalue weighted by Gasteiger charge is 1.61. The van der Waals surface area contributed by atoms with Crippen molar-refractivity contribution >= 4 is 0 Å². The van der Waals surface area contributed by atoms with Crippen LogP contribution in [0.4, 0.5) is 0 Å². The molecule has 0 atom stereocenters. The lowest BCUT2D eigenvalue weighted by Gasteiger charge is -1.88. The van der Waals surface area contributed by atoms with Crippen LogP contribution in [0.2, 0.25) is 0 Å². The first-order valence-electron chi connectivity index (χ1n) is 1.90. The van der Waals surface area contributed by atoms with Gasteiger partial charge >= 0.3 is 0 Å². The molecule has 0 aromatic rings. The van der Waals surface area contributed by atoms with E-state index < -0.39 is 0 Å². The minimum Gasteiger partial charge on any atom is -0.373 e. The monoisotopic (exact) mass is 102 g/mol. The molecule has 4 nitrogen and oxygen atoms in total. The van der Waals surface area contributed by atoms with Crippen molar-refractivity contribution in [1.29, 1.82) is 0 Å². The van der Waals surface area contributed by atoms with Crippen LogP contribution in [0.25, 0.3) is 16.0 Å². The van der Waals surface area contributed by atoms with Crippen LogP contribution in [0.3, 0.4) is 0 Å². The maximum absolute atomic E-state index is 6.75. The summed E-state index contributed by atoms with van der Waals surface area (Å²) >= 11 is 0. The summed E-state index contributed by atoms with van der Waals surface area (Å²) in [5.41, 5.74) is 13.5. The first-order chi connectivity index (χ1) is 3.15. The molecule has 42 valence electrons. The predicted octanol–water partition coefficient (Wildman–Crippen LogP) is -0.373. The van der Waals surface area contributed by atoms with Crippen molar-refractivity contribution in [3.05, 3.63) is 16.0 Å². The van der Waals surface area contributed by atoms with Gasteiger partial charge in [-0.2, -0.15) is 0 Å². The summed E-state index contributed by atoms with van der Waals surface area (Å²) in [6.45, 7) is 0. The Hall–Kier alpha value is -0.730. The molecule has 0 bridgehead atoms. The number of nitrogens with one attached hydrogen (secondary N) is 1. The van der Waals surface area contributed by atoms with Crippen LogP contribution in [0.5, 0.6) is 0 Å². The zero-order valence-electron chi connectivity index (χ0n) is 4.84. The van der Waals surface area contributed by atoms with Gasteiger partial charge in [0.1, 0.15) is 0 Å². The van der Waals surface area contributed by atoms with Crippen LogP contribution in [0.15, 0.2) is 0 Å². The fourth-order valence-corrected chi connectivity index (χ4v) is 0. The molecule has 0 unspecified atom stereocenters. The van der Waals surface area contributed by atoms with E-state index in [0.717, 1.165) is 0 Å². The van der Waals surface area contributed by atoms with Crippen LogP contribution in [0.1, 0.15) is 0 Å². The average molecular weight is 102 g/mol. The van der Waals surface area contributed by atoms with E-state index in [9.17, 15) is 0 Å². The molecule has 0 saturated heterocycles. The van der Waals surface area contributed by atoms with Gasteiger partial charge in [0.15, 0.2) is 0 Å². The number of rotatable bonds is 0. The molecule has 0 aliphatic heterocycles. The van der Waals surface area contributed by atoms with Gasteiger partial charge in [0, 0.05) is 0 Å². The molecule has 0 fully saturated rings. The second kappa shape index (κ2) is 8.99. The fourth-order valence-electron chi connectivity index (χ4n) is 0. The highest BCUT2D eigenvalue weighted by atomic mass is 15.0. The highest BCUT2D eigenvalue weighted by molar-refractivity contribution is 4.36. The largest absolute Gasteiger partial charge is 0.373 e. The standard InChI is InChI=1S/C3H9N.N3/c1-4(2)3;1-3-2/h1-3H3;/q;-1/p+1. The topological polar surface area (TPSA) is 63.1 Å². The van der Waals surface area contributed by atoms with Crippen molar-refractivity contribution in [1.82, 2.24) is 0 Å². The molecule has 0 saturated carbocycles. The molecular weight excluding hydrogens is 92.1 g/mol. The number of hydrogen-bond acceptors (Lipinski definition) is 0. The van der Waals surface area contributed by atoms with Gasteiger partial charge in [-0.25, -0.2) is 0 Å². The zero-order chi connectivity index (χ0) is 6.28. The van der Waals surface area contributed by atoms with E-state index in [1.54, 1.807) is 0 Å². The third kappa shape index (κ3) is 106. The van der Waals surface area contributed by atoms with Crippen LogP contribution < -0.4 is 4.90 Å². The van der Waals surface area contributed by atoms with Crippen molar-refractivity contribution < 1.29 is 4.90 Å². The lowest BCUT2D eigenvalue weighted by atomic mass is 11.0. The minimum atomic E-state index is 1.42. The number of nitrogens with zero attached hydrogens (tertiary/aromatic N) is 3. The maximum atomic E-state index is 6.75. The summed E-state index contributed by atoms with van der Waals surface area (Å²) < 4.78 is 0. The average Bonchev–Trinajstić information content (AvgIpc) is 1.33. The quantitative estimate of drug-likeness (QED) is 0.246. The first kappa shape index (κ1) is 9.55. The molecule has 0 aliphatic carbocycles. The zero-order valence-corrected chi connectivity index (χ0v) is 4.84. The molecule has 0 aromatic carbocycles. The molecule has 0 aliphatic rings. The molecule has 1 N–H and O–H groups in total. The summed E-state index contributed by atoms with van der Waals surface area (Å²) in [7, 11) is 6.25. The SMILES string of the molecule is C[NH+](C)C.[N-]=[N+]=[N-]. The fraction of sp³-hybridized carbons (Fsp3) is 1.00. The molecule has 0 radical (unpaired) electrons. The van der Waals surface area contributed by atoms with E-state index in [-0.39, 0.29) is 0 Å². The molecule has 0 heterocycles. The summed E-state index contributed by atoms with van der Waals surface area (Å²) in [4.78, 5) is 2.92. The van der Waals surface area contributed by atoms with Gasteiger partial charge < -0.3 is 16.0 Å². The summed E-state index contributed by atoms with van der Waals surface area (Å²) in [6, 6.07) is 0. The lowest BCUT2D eigenvalue weighted by Crippen LogP contribution is -3.02. The van der Waals surface area contributed by atoms with E-state index in [0.29, 0.717) is 0 Å². The van der Waals surface area contributed by atoms with Gasteiger partial charge in [0.2, 0.25) is 0 Å². The smallest absolute Gasteiger partial charge is 0.0661 e. The molecule has 0 aromatic heterocycles. The van der Waals surface area contributed by atoms with E-state index >= 15 is 0 Å². The normalized spacial score (nSPS) is 6.29. The molecule has 4 heteroatoms. The second-order valence-electron chi connectivity index (χ2n) is 1.59. The lowest BCUT2D eigenvalue weighted by molar-refractivity contribution is -0.836. The molecular formula is C3H10N4. The Morgan fingerprint density at radius 3 is 1.14 bits per heavy atom. The summed E-state index contributed by atoms with van der Waals surface area (Å²) in [5, 5.41) is 0. The van der Waals surface area contributed by atoms with Crippen LogP contribution >= 0.6 is 0 Å². The predicted molar refractivity (Wildman–Crippen MR) is 28.8 cm³/mol. The van der Waals surface area contributed by atoms with Gasteiger partial charge in [-0.1, -0.05) is 0 Å². The molecule has 7 heavy (non-hydrogen) atoms. The van der Waals surface area contributed by atoms with E-state index in [1.807, 2.05) is 0 Å². The molecule has 0 amide bonds. The van der Waals surface area contributed by atoms with E-state index in [1.165, 1.54) is 9.81 Å². The number of quaternary nitrogens is 1. The second-order valence-corrected chi connectivity index (χ2v) is 1.59. The number of hydrogen-bond donors (Lipinski definition) is 1. The Morgan fingerprint density at radius 2 is 1.14 bits per heavy atom. The van der Waals surface area contributed by atoms with Crippen LogP contribution in [-0.2, 0) is 0 Å². The summed E-state index contributed by atoms with van der Waals surface area (Å²) in [5.74, 6) is 0. The Balaban J connectivity index is 0. The van der Waals surface area contributed by atoms with Gasteiger partial charge in [-0.3, -0.25) is 4.91 Å². The molecule has 0 rings (SSSR count). The third-order valence-corrected chi connectivity index (χ3v) is 0. The maximum Gasteiger partial charge on any atom is 0.0661 e. The van der Waals surface area contributed by atoms with Gasteiger partial charge in [0.05, 0.1) is 21.1 Å². The Bertz CT molecular complexity index is 49.2. The van der Waals surface area contributed by atoms with E-state index in [4.69, 9.17) is 11.1 Å². The Kier molecular flexibility index (Phi) is 12.3. The van der Waals surface area contributed by atoms with Gasteiger partial charge in [0.25, 0.3) is 0 Å². The van der Waals surface area contributed by atoms with Crippen molar-refractivity contribution in [2.24, 2.45) is 0 Å². The van der Waals surface area contributed by atoms with Gasteiger partial charge in [-0.05, 0) is 0 Å². The van der Waals surface area contributed by atoms with E-state index in [2.05, 4.69) is 21.1 Å². The van der Waals surface area contributed by atoms with Crippen molar-refractivity contribution in [3.8, 4) is 0 Å². The van der Waals surface area contributed by atoms with Crippen molar-refractivity contribution in [3.63, 3.8) is 0 Å². The van der Waals surface area contributed by atoms with Crippen molar-refractivity contribution in [2.75, 3.05) is 21.1 Å². The Morgan fingerprint density at radius 1 is 1.14 bits per heavy atom. The van der Waals surface area contributed by atoms with Crippen molar-refractivity contribution in [2.45, 2.75) is 0 Å². The third-order valence-electron chi connectivity index (χ3n) is 0. The highest BCUT2D eigenvalue weighted by Crippen LogP contribution is 1.29. The Labute approximate surface area is 43.2 Å². The van der Waals surface area contributed by atoms with Gasteiger partial charge in [-0.15, -0.1) is 0 Å². The first-order valence-corrected chi connectivity index (χ1v) is 1.90. The van der Waals surface area contributed by atoms with Crippen LogP contribution in [-0.4, -0.2) is 21.1 Å².